The average Bonchev–Trinajstić information content (AvgIpc) is 2.38. The van der Waals surface area contributed by atoms with Crippen LogP contribution in [-0.2, 0) is 9.53 Å². The van der Waals surface area contributed by atoms with E-state index in [1.165, 1.54) is 7.11 Å². The fourth-order valence-electron chi connectivity index (χ4n) is 1.79. The summed E-state index contributed by atoms with van der Waals surface area (Å²) in [7, 11) is 1.33. The molecular formula is C13H21N3O3. The lowest BCUT2D eigenvalue weighted by Gasteiger charge is -2.22. The van der Waals surface area contributed by atoms with Crippen molar-refractivity contribution >= 4 is 11.8 Å². The van der Waals surface area contributed by atoms with E-state index in [-0.39, 0.29) is 24.1 Å². The number of aromatic nitrogens is 2. The molecule has 0 fully saturated rings. The van der Waals surface area contributed by atoms with Crippen LogP contribution in [0.1, 0.15) is 33.2 Å². The molecule has 1 aromatic heterocycles. The lowest BCUT2D eigenvalue weighted by atomic mass is 10.3. The van der Waals surface area contributed by atoms with Crippen LogP contribution in [-0.4, -0.2) is 35.7 Å². The normalized spacial score (nSPS) is 10.6. The van der Waals surface area contributed by atoms with Gasteiger partial charge in [0.2, 0.25) is 0 Å². The topological polar surface area (TPSA) is 64.4 Å². The van der Waals surface area contributed by atoms with Gasteiger partial charge in [0.1, 0.15) is 6.54 Å². The third-order valence-electron chi connectivity index (χ3n) is 2.75. The summed E-state index contributed by atoms with van der Waals surface area (Å²) in [5, 5.41) is 0. The number of carbonyl (C=O) groups excluding carboxylic acids is 1. The maximum absolute atomic E-state index is 12.3. The van der Waals surface area contributed by atoms with Gasteiger partial charge in [0.15, 0.2) is 5.82 Å². The molecule has 1 heterocycles. The van der Waals surface area contributed by atoms with Crippen molar-refractivity contribution in [1.29, 1.82) is 0 Å². The maximum atomic E-state index is 12.3. The molecule has 1 rings (SSSR count). The van der Waals surface area contributed by atoms with Crippen LogP contribution in [0, 0.1) is 0 Å². The molecule has 0 unspecified atom stereocenters. The zero-order valence-electron chi connectivity index (χ0n) is 11.9. The van der Waals surface area contributed by atoms with Gasteiger partial charge < -0.3 is 14.2 Å². The first-order chi connectivity index (χ1) is 9.01. The SMILES string of the molecule is CCCN(CC(=O)OC)c1nccn(C(C)C)c1=O. The van der Waals surface area contributed by atoms with E-state index in [0.29, 0.717) is 12.4 Å². The molecule has 1 aromatic rings. The number of hydrogen-bond acceptors (Lipinski definition) is 5. The number of anilines is 1. The van der Waals surface area contributed by atoms with Gasteiger partial charge in [-0.3, -0.25) is 9.59 Å². The van der Waals surface area contributed by atoms with Gasteiger partial charge in [-0.15, -0.1) is 0 Å². The van der Waals surface area contributed by atoms with Gasteiger partial charge >= 0.3 is 5.97 Å². The van der Waals surface area contributed by atoms with Crippen LogP contribution in [0.2, 0.25) is 0 Å². The third-order valence-corrected chi connectivity index (χ3v) is 2.75. The molecule has 0 spiro atoms. The van der Waals surface area contributed by atoms with Crippen LogP contribution < -0.4 is 10.5 Å². The third kappa shape index (κ3) is 3.81. The van der Waals surface area contributed by atoms with Gasteiger partial charge in [0.25, 0.3) is 5.56 Å². The van der Waals surface area contributed by atoms with E-state index in [1.54, 1.807) is 21.9 Å². The van der Waals surface area contributed by atoms with Gasteiger partial charge in [-0.1, -0.05) is 6.92 Å². The fourth-order valence-corrected chi connectivity index (χ4v) is 1.79. The van der Waals surface area contributed by atoms with Gasteiger partial charge in [0, 0.05) is 25.0 Å². The lowest BCUT2D eigenvalue weighted by molar-refractivity contribution is -0.138. The van der Waals surface area contributed by atoms with Crippen molar-refractivity contribution in [3.8, 4) is 0 Å². The molecule has 0 amide bonds. The molecule has 0 saturated carbocycles. The summed E-state index contributed by atoms with van der Waals surface area (Å²) >= 11 is 0. The minimum atomic E-state index is -0.380. The minimum Gasteiger partial charge on any atom is -0.468 e. The van der Waals surface area contributed by atoms with Crippen LogP contribution in [0.5, 0.6) is 0 Å². The molecule has 0 saturated heterocycles. The summed E-state index contributed by atoms with van der Waals surface area (Å²) in [6, 6.07) is 0.0517. The molecule has 0 radical (unpaired) electrons. The molecule has 0 aliphatic carbocycles. The lowest BCUT2D eigenvalue weighted by Crippen LogP contribution is -2.38. The molecule has 6 heteroatoms. The Morgan fingerprint density at radius 2 is 2.21 bits per heavy atom. The number of ether oxygens (including phenoxy) is 1. The van der Waals surface area contributed by atoms with E-state index in [4.69, 9.17) is 0 Å². The number of methoxy groups -OCH3 is 1. The van der Waals surface area contributed by atoms with E-state index in [1.807, 2.05) is 20.8 Å². The molecular weight excluding hydrogens is 246 g/mol. The van der Waals surface area contributed by atoms with Crippen LogP contribution in [0.25, 0.3) is 0 Å². The molecule has 0 aliphatic rings. The highest BCUT2D eigenvalue weighted by Crippen LogP contribution is 2.07. The Kier molecular flexibility index (Phi) is 5.54. The molecule has 0 aliphatic heterocycles. The predicted octanol–water partition coefficient (Wildman–Crippen LogP) is 1.21. The first kappa shape index (κ1) is 15.2. The summed E-state index contributed by atoms with van der Waals surface area (Å²) in [5.41, 5.74) is -0.185. The van der Waals surface area contributed by atoms with Gasteiger partial charge in [-0.05, 0) is 20.3 Å². The van der Waals surface area contributed by atoms with Crippen molar-refractivity contribution < 1.29 is 9.53 Å². The van der Waals surface area contributed by atoms with Crippen LogP contribution >= 0.6 is 0 Å². The summed E-state index contributed by atoms with van der Waals surface area (Å²) in [6.07, 6.45) is 4.05. The van der Waals surface area contributed by atoms with Crippen LogP contribution in [0.15, 0.2) is 17.2 Å². The van der Waals surface area contributed by atoms with E-state index >= 15 is 0 Å². The van der Waals surface area contributed by atoms with Gasteiger partial charge in [-0.2, -0.15) is 0 Å². The van der Waals surface area contributed by atoms with Crippen molar-refractivity contribution in [2.24, 2.45) is 0 Å². The molecule has 0 bridgehead atoms. The zero-order chi connectivity index (χ0) is 14.4. The highest BCUT2D eigenvalue weighted by Gasteiger charge is 2.17. The Bertz CT molecular complexity index is 482. The Morgan fingerprint density at radius 1 is 1.53 bits per heavy atom. The largest absolute Gasteiger partial charge is 0.468 e. The highest BCUT2D eigenvalue weighted by atomic mass is 16.5. The van der Waals surface area contributed by atoms with E-state index in [0.717, 1.165) is 6.42 Å². The Balaban J connectivity index is 3.12. The van der Waals surface area contributed by atoms with Crippen molar-refractivity contribution in [3.63, 3.8) is 0 Å². The van der Waals surface area contributed by atoms with E-state index < -0.39 is 0 Å². The number of carbonyl (C=O) groups is 1. The van der Waals surface area contributed by atoms with Crippen molar-refractivity contribution in [2.75, 3.05) is 25.1 Å². The monoisotopic (exact) mass is 267 g/mol. The standard InChI is InChI=1S/C13H21N3O3/c1-5-7-15(9-11(17)19-4)12-13(18)16(10(2)3)8-6-14-12/h6,8,10H,5,7,9H2,1-4H3. The molecule has 0 atom stereocenters. The van der Waals surface area contributed by atoms with Gasteiger partial charge in [-0.25, -0.2) is 4.98 Å². The first-order valence-electron chi connectivity index (χ1n) is 6.40. The number of esters is 1. The minimum absolute atomic E-state index is 0.0364. The molecule has 106 valence electrons. The summed E-state index contributed by atoms with van der Waals surface area (Å²) in [4.78, 5) is 29.5. The smallest absolute Gasteiger partial charge is 0.325 e. The summed E-state index contributed by atoms with van der Waals surface area (Å²) in [5.74, 6) is -0.0851. The highest BCUT2D eigenvalue weighted by molar-refractivity contribution is 5.75. The number of rotatable bonds is 6. The van der Waals surface area contributed by atoms with Crippen LogP contribution in [0.3, 0.4) is 0 Å². The summed E-state index contributed by atoms with van der Waals surface area (Å²) < 4.78 is 6.25. The van der Waals surface area contributed by atoms with E-state index in [2.05, 4.69) is 9.72 Å². The second kappa shape index (κ2) is 6.92. The second-order valence-corrected chi connectivity index (χ2v) is 4.55. The molecule has 0 aromatic carbocycles. The fraction of sp³-hybridized carbons (Fsp3) is 0.615. The van der Waals surface area contributed by atoms with Gasteiger partial charge in [0.05, 0.1) is 7.11 Å². The van der Waals surface area contributed by atoms with Crippen LogP contribution in [0.4, 0.5) is 5.82 Å². The average molecular weight is 267 g/mol. The first-order valence-corrected chi connectivity index (χ1v) is 6.40. The zero-order valence-corrected chi connectivity index (χ0v) is 11.9. The molecule has 0 N–H and O–H groups in total. The predicted molar refractivity (Wildman–Crippen MR) is 73.4 cm³/mol. The maximum Gasteiger partial charge on any atom is 0.325 e. The Labute approximate surface area is 113 Å². The Morgan fingerprint density at radius 3 is 2.74 bits per heavy atom. The van der Waals surface area contributed by atoms with Crippen molar-refractivity contribution in [1.82, 2.24) is 9.55 Å². The van der Waals surface area contributed by atoms with Crippen molar-refractivity contribution in [2.45, 2.75) is 33.2 Å². The molecule has 19 heavy (non-hydrogen) atoms. The molecule has 6 nitrogen and oxygen atoms in total. The second-order valence-electron chi connectivity index (χ2n) is 4.55. The quantitative estimate of drug-likeness (QED) is 0.725. The van der Waals surface area contributed by atoms with Crippen molar-refractivity contribution in [3.05, 3.63) is 22.7 Å². The Hall–Kier alpha value is -1.85. The summed E-state index contributed by atoms with van der Waals surface area (Å²) in [6.45, 7) is 6.45. The number of hydrogen-bond donors (Lipinski definition) is 0. The van der Waals surface area contributed by atoms with E-state index in [9.17, 15) is 9.59 Å². The number of nitrogens with zero attached hydrogens (tertiary/aromatic N) is 3.